The van der Waals surface area contributed by atoms with Crippen molar-refractivity contribution in [3.05, 3.63) is 64.1 Å². The Balaban J connectivity index is 2.04. The van der Waals surface area contributed by atoms with Crippen LogP contribution in [0.1, 0.15) is 15.9 Å². The monoisotopic (exact) mass is 309 g/mol. The zero-order valence-corrected chi connectivity index (χ0v) is 12.7. The minimum Gasteiger partial charge on any atom is -0.495 e. The number of nitrogens with zero attached hydrogens (tertiary/aromatic N) is 1. The molecule has 0 fully saturated rings. The zero-order valence-electron chi connectivity index (χ0n) is 12.7. The number of carbonyl (C=O) groups excluding carboxylic acids is 1. The fraction of sp³-hybridized carbons (Fsp3) is 0.118. The lowest BCUT2D eigenvalue weighted by molar-refractivity contribution is 0.102. The van der Waals surface area contributed by atoms with Crippen molar-refractivity contribution < 1.29 is 9.53 Å². The molecule has 2 N–H and O–H groups in total. The molecule has 0 saturated heterocycles. The van der Waals surface area contributed by atoms with E-state index in [4.69, 9.17) is 4.74 Å². The molecule has 116 valence electrons. The smallest absolute Gasteiger partial charge is 0.262 e. The van der Waals surface area contributed by atoms with Crippen molar-refractivity contribution in [3.8, 4) is 5.75 Å². The average molecular weight is 309 g/mol. The molecule has 23 heavy (non-hydrogen) atoms. The number of amides is 1. The van der Waals surface area contributed by atoms with Gasteiger partial charge < -0.3 is 15.0 Å². The Labute approximate surface area is 132 Å². The lowest BCUT2D eigenvalue weighted by Crippen LogP contribution is -2.22. The van der Waals surface area contributed by atoms with E-state index in [0.29, 0.717) is 22.5 Å². The first-order valence-corrected chi connectivity index (χ1v) is 7.03. The van der Waals surface area contributed by atoms with E-state index in [2.05, 4.69) is 15.3 Å². The Morgan fingerprint density at radius 2 is 2.09 bits per heavy atom. The van der Waals surface area contributed by atoms with Gasteiger partial charge in [0, 0.05) is 12.4 Å². The molecule has 6 nitrogen and oxygen atoms in total. The number of pyridine rings is 2. The summed E-state index contributed by atoms with van der Waals surface area (Å²) < 4.78 is 5.21. The second-order valence-electron chi connectivity index (χ2n) is 5.04. The summed E-state index contributed by atoms with van der Waals surface area (Å²) in [6.45, 7) is 1.83. The van der Waals surface area contributed by atoms with Gasteiger partial charge in [-0.15, -0.1) is 0 Å². The van der Waals surface area contributed by atoms with Gasteiger partial charge in [0.2, 0.25) is 5.43 Å². The summed E-state index contributed by atoms with van der Waals surface area (Å²) in [6, 6.07) is 8.72. The number of aromatic nitrogens is 2. The number of methoxy groups -OCH3 is 1. The van der Waals surface area contributed by atoms with Crippen molar-refractivity contribution in [2.75, 3.05) is 12.4 Å². The Bertz CT molecular complexity index is 947. The molecule has 3 rings (SSSR count). The second kappa shape index (κ2) is 5.92. The number of fused-ring (bicyclic) bond motifs is 1. The van der Waals surface area contributed by atoms with Crippen LogP contribution < -0.4 is 15.5 Å². The van der Waals surface area contributed by atoms with Crippen LogP contribution in [0, 0.1) is 6.92 Å². The van der Waals surface area contributed by atoms with E-state index >= 15 is 0 Å². The quantitative estimate of drug-likeness (QED) is 0.778. The number of hydrogen-bond donors (Lipinski definition) is 2. The normalized spacial score (nSPS) is 10.5. The molecule has 0 atom stereocenters. The minimum atomic E-state index is -0.502. The van der Waals surface area contributed by atoms with Crippen molar-refractivity contribution in [3.63, 3.8) is 0 Å². The largest absolute Gasteiger partial charge is 0.495 e. The highest BCUT2D eigenvalue weighted by Crippen LogP contribution is 2.21. The van der Waals surface area contributed by atoms with E-state index in [1.165, 1.54) is 13.3 Å². The number of para-hydroxylation sites is 1. The van der Waals surface area contributed by atoms with Gasteiger partial charge in [-0.05, 0) is 30.7 Å². The molecule has 0 aliphatic rings. The van der Waals surface area contributed by atoms with Gasteiger partial charge in [-0.1, -0.05) is 12.1 Å². The van der Waals surface area contributed by atoms with Crippen LogP contribution in [0.15, 0.2) is 47.5 Å². The summed E-state index contributed by atoms with van der Waals surface area (Å²) in [5.41, 5.74) is 1.05. The van der Waals surface area contributed by atoms with E-state index in [1.807, 2.05) is 13.0 Å². The number of nitrogens with one attached hydrogen (secondary N) is 2. The molecule has 0 aliphatic carbocycles. The van der Waals surface area contributed by atoms with Gasteiger partial charge in [-0.3, -0.25) is 9.59 Å². The highest BCUT2D eigenvalue weighted by Gasteiger charge is 2.15. The Hall–Kier alpha value is -3.15. The van der Waals surface area contributed by atoms with Crippen LogP contribution in [0.2, 0.25) is 0 Å². The number of H-pyrrole nitrogens is 1. The molecular weight excluding hydrogens is 294 g/mol. The number of aryl methyl sites for hydroxylation is 1. The van der Waals surface area contributed by atoms with Crippen LogP contribution in [0.4, 0.5) is 5.82 Å². The van der Waals surface area contributed by atoms with Crippen LogP contribution >= 0.6 is 0 Å². The highest BCUT2D eigenvalue weighted by molar-refractivity contribution is 6.05. The summed E-state index contributed by atoms with van der Waals surface area (Å²) in [6.07, 6.45) is 2.97. The molecule has 1 amide bonds. The van der Waals surface area contributed by atoms with Crippen molar-refractivity contribution in [1.82, 2.24) is 9.97 Å². The van der Waals surface area contributed by atoms with Crippen LogP contribution in [0.3, 0.4) is 0 Å². The number of carbonyl (C=O) groups is 1. The lowest BCUT2D eigenvalue weighted by atomic mass is 10.1. The number of aromatic amines is 1. The Morgan fingerprint density at radius 3 is 2.83 bits per heavy atom. The summed E-state index contributed by atoms with van der Waals surface area (Å²) in [4.78, 5) is 32.0. The number of anilines is 1. The number of rotatable bonds is 3. The number of ether oxygens (including phenoxy) is 1. The molecule has 3 aromatic rings. The predicted octanol–water partition coefficient (Wildman–Crippen LogP) is 2.49. The van der Waals surface area contributed by atoms with Crippen LogP contribution in [-0.4, -0.2) is 23.0 Å². The van der Waals surface area contributed by atoms with E-state index in [1.54, 1.807) is 30.5 Å². The van der Waals surface area contributed by atoms with Gasteiger partial charge in [0.1, 0.15) is 17.1 Å². The third kappa shape index (κ3) is 2.66. The van der Waals surface area contributed by atoms with Crippen molar-refractivity contribution in [2.45, 2.75) is 6.92 Å². The first-order chi connectivity index (χ1) is 11.1. The molecule has 1 aromatic carbocycles. The van der Waals surface area contributed by atoms with E-state index < -0.39 is 5.91 Å². The molecule has 0 unspecified atom stereocenters. The van der Waals surface area contributed by atoms with Gasteiger partial charge in [-0.2, -0.15) is 0 Å². The maximum Gasteiger partial charge on any atom is 0.262 e. The van der Waals surface area contributed by atoms with Crippen molar-refractivity contribution in [1.29, 1.82) is 0 Å². The third-order valence-electron chi connectivity index (χ3n) is 3.58. The van der Waals surface area contributed by atoms with E-state index in [9.17, 15) is 9.59 Å². The van der Waals surface area contributed by atoms with Crippen molar-refractivity contribution in [2.24, 2.45) is 0 Å². The maximum atomic E-state index is 12.6. The van der Waals surface area contributed by atoms with Crippen LogP contribution in [0.25, 0.3) is 10.9 Å². The van der Waals surface area contributed by atoms with Gasteiger partial charge >= 0.3 is 0 Å². The SMILES string of the molecule is COc1cccc2c(=O)c(C(=O)Nc3ncccc3C)c[nH]c12. The van der Waals surface area contributed by atoms with Gasteiger partial charge in [0.25, 0.3) is 5.91 Å². The molecule has 0 spiro atoms. The minimum absolute atomic E-state index is 0.0239. The fourth-order valence-electron chi connectivity index (χ4n) is 2.35. The highest BCUT2D eigenvalue weighted by atomic mass is 16.5. The van der Waals surface area contributed by atoms with E-state index in [0.717, 1.165) is 5.56 Å². The molecule has 0 aliphatic heterocycles. The fourth-order valence-corrected chi connectivity index (χ4v) is 2.35. The summed E-state index contributed by atoms with van der Waals surface area (Å²) in [5.74, 6) is 0.479. The number of hydrogen-bond acceptors (Lipinski definition) is 4. The predicted molar refractivity (Wildman–Crippen MR) is 88.0 cm³/mol. The number of benzene rings is 1. The summed E-state index contributed by atoms with van der Waals surface area (Å²) in [7, 11) is 1.53. The standard InChI is InChI=1S/C17H15N3O3/c1-10-5-4-8-18-16(10)20-17(22)12-9-19-14-11(15(12)21)6-3-7-13(14)23-2/h3-9H,1-2H3,(H,19,21)(H,18,20,22). The van der Waals surface area contributed by atoms with Gasteiger partial charge in [0.15, 0.2) is 0 Å². The van der Waals surface area contributed by atoms with Gasteiger partial charge in [0.05, 0.1) is 18.0 Å². The molecule has 0 radical (unpaired) electrons. The van der Waals surface area contributed by atoms with Crippen LogP contribution in [0.5, 0.6) is 5.75 Å². The summed E-state index contributed by atoms with van der Waals surface area (Å²) in [5, 5.41) is 3.06. The first kappa shape index (κ1) is 14.8. The molecule has 0 saturated carbocycles. The third-order valence-corrected chi connectivity index (χ3v) is 3.58. The zero-order chi connectivity index (χ0) is 16.4. The molecular formula is C17H15N3O3. The Morgan fingerprint density at radius 1 is 1.26 bits per heavy atom. The maximum absolute atomic E-state index is 12.6. The lowest BCUT2D eigenvalue weighted by Gasteiger charge is -2.08. The molecule has 0 bridgehead atoms. The first-order valence-electron chi connectivity index (χ1n) is 7.03. The van der Waals surface area contributed by atoms with Crippen molar-refractivity contribution >= 4 is 22.6 Å². The molecule has 2 aromatic heterocycles. The topological polar surface area (TPSA) is 84.1 Å². The van der Waals surface area contributed by atoms with Gasteiger partial charge in [-0.25, -0.2) is 4.98 Å². The molecule has 6 heteroatoms. The molecule has 2 heterocycles. The van der Waals surface area contributed by atoms with E-state index in [-0.39, 0.29) is 11.0 Å². The average Bonchev–Trinajstić information content (AvgIpc) is 2.57. The summed E-state index contributed by atoms with van der Waals surface area (Å²) >= 11 is 0. The van der Waals surface area contributed by atoms with Crippen LogP contribution in [-0.2, 0) is 0 Å². The Kier molecular flexibility index (Phi) is 3.80. The second-order valence-corrected chi connectivity index (χ2v) is 5.04.